The van der Waals surface area contributed by atoms with Gasteiger partial charge in [-0.25, -0.2) is 4.98 Å². The molecule has 1 aromatic rings. The third-order valence-corrected chi connectivity index (χ3v) is 4.81. The summed E-state index contributed by atoms with van der Waals surface area (Å²) in [6.07, 6.45) is 1.22. The highest BCUT2D eigenvalue weighted by atomic mass is 19.4. The quantitative estimate of drug-likeness (QED) is 0.917. The first-order valence-electron chi connectivity index (χ1n) is 8.33. The predicted octanol–water partition coefficient (Wildman–Crippen LogP) is 3.25. The van der Waals surface area contributed by atoms with Gasteiger partial charge in [0, 0.05) is 12.6 Å². The Labute approximate surface area is 138 Å². The SMILES string of the molecule is O=C(Cc1cccc(C(F)(F)F)n1)N[C@H]1CCOC2(CCCC2)C1. The van der Waals surface area contributed by atoms with E-state index in [-0.39, 0.29) is 29.7 Å². The lowest BCUT2D eigenvalue weighted by atomic mass is 9.89. The van der Waals surface area contributed by atoms with Gasteiger partial charge in [-0.15, -0.1) is 0 Å². The minimum Gasteiger partial charge on any atom is -0.375 e. The summed E-state index contributed by atoms with van der Waals surface area (Å²) in [7, 11) is 0. The number of alkyl halides is 3. The predicted molar refractivity (Wildman–Crippen MR) is 81.3 cm³/mol. The molecular weight excluding hydrogens is 321 g/mol. The summed E-state index contributed by atoms with van der Waals surface area (Å²) >= 11 is 0. The molecule has 2 aliphatic rings. The fourth-order valence-corrected chi connectivity index (χ4v) is 3.70. The topological polar surface area (TPSA) is 51.2 Å². The number of carbonyl (C=O) groups excluding carboxylic acids is 1. The number of halogens is 3. The Bertz CT molecular complexity index is 598. The van der Waals surface area contributed by atoms with Gasteiger partial charge in [-0.1, -0.05) is 18.9 Å². The Morgan fingerprint density at radius 2 is 2.08 bits per heavy atom. The smallest absolute Gasteiger partial charge is 0.375 e. The van der Waals surface area contributed by atoms with Gasteiger partial charge in [0.2, 0.25) is 5.91 Å². The van der Waals surface area contributed by atoms with E-state index in [4.69, 9.17) is 4.74 Å². The molecule has 2 fully saturated rings. The maximum Gasteiger partial charge on any atom is 0.433 e. The van der Waals surface area contributed by atoms with Crippen LogP contribution < -0.4 is 5.32 Å². The molecule has 1 atom stereocenters. The third kappa shape index (κ3) is 4.06. The van der Waals surface area contributed by atoms with E-state index in [1.54, 1.807) is 0 Å². The molecule has 1 saturated heterocycles. The minimum absolute atomic E-state index is 0.0233. The lowest BCUT2D eigenvalue weighted by Gasteiger charge is -2.38. The molecule has 132 valence electrons. The zero-order valence-corrected chi connectivity index (χ0v) is 13.4. The molecule has 1 aromatic heterocycles. The highest BCUT2D eigenvalue weighted by Gasteiger charge is 2.40. The molecular formula is C17H21F3N2O2. The van der Waals surface area contributed by atoms with Crippen molar-refractivity contribution in [3.63, 3.8) is 0 Å². The van der Waals surface area contributed by atoms with Gasteiger partial charge in [0.05, 0.1) is 17.7 Å². The van der Waals surface area contributed by atoms with Crippen molar-refractivity contribution in [2.24, 2.45) is 0 Å². The minimum atomic E-state index is -4.50. The van der Waals surface area contributed by atoms with E-state index >= 15 is 0 Å². The molecule has 1 spiro atoms. The Morgan fingerprint density at radius 1 is 1.33 bits per heavy atom. The highest BCUT2D eigenvalue weighted by molar-refractivity contribution is 5.78. The number of pyridine rings is 1. The van der Waals surface area contributed by atoms with Crippen LogP contribution in [0.4, 0.5) is 13.2 Å². The van der Waals surface area contributed by atoms with E-state index in [9.17, 15) is 18.0 Å². The van der Waals surface area contributed by atoms with Crippen LogP contribution in [0.25, 0.3) is 0 Å². The molecule has 0 aromatic carbocycles. The lowest BCUT2D eigenvalue weighted by Crippen LogP contribution is -2.47. The van der Waals surface area contributed by atoms with Crippen LogP contribution in [-0.2, 0) is 22.1 Å². The summed E-state index contributed by atoms with van der Waals surface area (Å²) < 4.78 is 43.9. The van der Waals surface area contributed by atoms with Gasteiger partial charge in [0.15, 0.2) is 0 Å². The average molecular weight is 342 g/mol. The van der Waals surface area contributed by atoms with Crippen LogP contribution in [0, 0.1) is 0 Å². The van der Waals surface area contributed by atoms with Crippen molar-refractivity contribution in [2.45, 2.75) is 62.8 Å². The number of nitrogens with zero attached hydrogens (tertiary/aromatic N) is 1. The van der Waals surface area contributed by atoms with Crippen molar-refractivity contribution in [3.05, 3.63) is 29.6 Å². The Hall–Kier alpha value is -1.63. The number of rotatable bonds is 3. The highest BCUT2D eigenvalue weighted by Crippen LogP contribution is 2.40. The monoisotopic (exact) mass is 342 g/mol. The van der Waals surface area contributed by atoms with Gasteiger partial charge in [0.1, 0.15) is 5.69 Å². The first kappa shape index (κ1) is 17.2. The number of carbonyl (C=O) groups is 1. The first-order chi connectivity index (χ1) is 11.4. The van der Waals surface area contributed by atoms with Gasteiger partial charge in [-0.3, -0.25) is 4.79 Å². The molecule has 1 aliphatic carbocycles. The van der Waals surface area contributed by atoms with Crippen molar-refractivity contribution in [1.29, 1.82) is 0 Å². The standard InChI is InChI=1S/C17H21F3N2O2/c18-17(19,20)14-5-3-4-12(21-14)10-15(23)22-13-6-9-24-16(11-13)7-1-2-8-16/h3-5,13H,1-2,6-11H2,(H,22,23)/t13-/m0/s1. The van der Waals surface area contributed by atoms with Gasteiger partial charge in [0.25, 0.3) is 0 Å². The molecule has 7 heteroatoms. The fraction of sp³-hybridized carbons (Fsp3) is 0.647. The molecule has 1 amide bonds. The molecule has 2 heterocycles. The number of hydrogen-bond acceptors (Lipinski definition) is 3. The summed E-state index contributed by atoms with van der Waals surface area (Å²) in [4.78, 5) is 15.7. The Balaban J connectivity index is 1.58. The summed E-state index contributed by atoms with van der Waals surface area (Å²) in [6.45, 7) is 0.618. The van der Waals surface area contributed by atoms with Crippen molar-refractivity contribution in [2.75, 3.05) is 6.61 Å². The van der Waals surface area contributed by atoms with E-state index in [1.807, 2.05) is 0 Å². The average Bonchev–Trinajstić information content (AvgIpc) is 2.94. The van der Waals surface area contributed by atoms with E-state index < -0.39 is 11.9 Å². The van der Waals surface area contributed by atoms with Crippen LogP contribution >= 0.6 is 0 Å². The second-order valence-corrected chi connectivity index (χ2v) is 6.68. The number of hydrogen-bond donors (Lipinski definition) is 1. The van der Waals surface area contributed by atoms with Crippen LogP contribution in [0.2, 0.25) is 0 Å². The van der Waals surface area contributed by atoms with Crippen LogP contribution in [0.3, 0.4) is 0 Å². The van der Waals surface area contributed by atoms with Crippen LogP contribution in [0.1, 0.15) is 49.9 Å². The third-order valence-electron chi connectivity index (χ3n) is 4.81. The van der Waals surface area contributed by atoms with E-state index in [2.05, 4.69) is 10.3 Å². The second-order valence-electron chi connectivity index (χ2n) is 6.68. The molecule has 4 nitrogen and oxygen atoms in total. The van der Waals surface area contributed by atoms with Gasteiger partial charge < -0.3 is 10.1 Å². The number of ether oxygens (including phenoxy) is 1. The van der Waals surface area contributed by atoms with Crippen molar-refractivity contribution in [1.82, 2.24) is 10.3 Å². The van der Waals surface area contributed by atoms with Crippen molar-refractivity contribution >= 4 is 5.91 Å². The number of aromatic nitrogens is 1. The van der Waals surface area contributed by atoms with Crippen LogP contribution in [0.5, 0.6) is 0 Å². The molecule has 3 rings (SSSR count). The molecule has 0 bridgehead atoms. The van der Waals surface area contributed by atoms with Crippen molar-refractivity contribution in [3.8, 4) is 0 Å². The molecule has 0 unspecified atom stereocenters. The summed E-state index contributed by atoms with van der Waals surface area (Å²) in [5, 5.41) is 2.94. The summed E-state index contributed by atoms with van der Waals surface area (Å²) in [5.41, 5.74) is -0.946. The van der Waals surface area contributed by atoms with E-state index in [0.717, 1.165) is 44.6 Å². The van der Waals surface area contributed by atoms with Crippen molar-refractivity contribution < 1.29 is 22.7 Å². The molecule has 1 saturated carbocycles. The normalized spacial score (nSPS) is 23.4. The molecule has 1 aliphatic heterocycles. The second kappa shape index (κ2) is 6.70. The maximum atomic E-state index is 12.7. The van der Waals surface area contributed by atoms with E-state index in [0.29, 0.717) is 6.61 Å². The van der Waals surface area contributed by atoms with Gasteiger partial charge in [-0.2, -0.15) is 13.2 Å². The van der Waals surface area contributed by atoms with Crippen LogP contribution in [-0.4, -0.2) is 29.1 Å². The zero-order chi connectivity index (χ0) is 17.2. The molecule has 24 heavy (non-hydrogen) atoms. The Kier molecular flexibility index (Phi) is 4.80. The number of amides is 1. The largest absolute Gasteiger partial charge is 0.433 e. The van der Waals surface area contributed by atoms with Crippen LogP contribution in [0.15, 0.2) is 18.2 Å². The lowest BCUT2D eigenvalue weighted by molar-refractivity contribution is -0.141. The molecule has 1 N–H and O–H groups in total. The first-order valence-corrected chi connectivity index (χ1v) is 8.33. The maximum absolute atomic E-state index is 12.7. The molecule has 0 radical (unpaired) electrons. The fourth-order valence-electron chi connectivity index (χ4n) is 3.70. The zero-order valence-electron chi connectivity index (χ0n) is 13.4. The summed E-state index contributed by atoms with van der Waals surface area (Å²) in [6, 6.07) is 3.65. The number of nitrogens with one attached hydrogen (secondary N) is 1. The Morgan fingerprint density at radius 3 is 2.79 bits per heavy atom. The van der Waals surface area contributed by atoms with Gasteiger partial charge in [-0.05, 0) is 37.8 Å². The van der Waals surface area contributed by atoms with E-state index in [1.165, 1.54) is 12.1 Å². The summed E-state index contributed by atoms with van der Waals surface area (Å²) in [5.74, 6) is -0.290. The van der Waals surface area contributed by atoms with Gasteiger partial charge >= 0.3 is 6.18 Å².